The van der Waals surface area contributed by atoms with E-state index in [1.54, 1.807) is 19.3 Å². The predicted octanol–water partition coefficient (Wildman–Crippen LogP) is 1.92. The Kier molecular flexibility index (Phi) is 4.25. The van der Waals surface area contributed by atoms with E-state index in [-0.39, 0.29) is 10.7 Å². The van der Waals surface area contributed by atoms with Gasteiger partial charge < -0.3 is 0 Å². The summed E-state index contributed by atoms with van der Waals surface area (Å²) in [6, 6.07) is 2.93. The molecule has 20 heavy (non-hydrogen) atoms. The number of carbonyl (C=O) groups excluding carboxylic acids is 1. The molecule has 0 fully saturated rings. The zero-order valence-electron chi connectivity index (χ0n) is 10.1. The van der Waals surface area contributed by atoms with Crippen LogP contribution in [0.2, 0.25) is 0 Å². The lowest BCUT2D eigenvalue weighted by atomic mass is 10.4. The highest BCUT2D eigenvalue weighted by Crippen LogP contribution is 2.22. The second kappa shape index (κ2) is 5.92. The molecule has 0 bridgehead atoms. The van der Waals surface area contributed by atoms with E-state index >= 15 is 0 Å². The molecule has 1 amide bonds. The van der Waals surface area contributed by atoms with Gasteiger partial charge >= 0.3 is 5.00 Å². The number of carbonyl (C=O) groups is 1. The minimum absolute atomic E-state index is 0.0187. The molecule has 8 nitrogen and oxygen atoms in total. The molecule has 0 aliphatic carbocycles. The van der Waals surface area contributed by atoms with Gasteiger partial charge in [-0.05, 0) is 22.0 Å². The minimum atomic E-state index is -0.481. The molecule has 0 saturated carbocycles. The summed E-state index contributed by atoms with van der Waals surface area (Å²) in [5.74, 6) is -0.472. The van der Waals surface area contributed by atoms with E-state index in [9.17, 15) is 14.9 Å². The van der Waals surface area contributed by atoms with Crippen molar-refractivity contribution in [3.8, 4) is 0 Å². The molecule has 0 aliphatic rings. The van der Waals surface area contributed by atoms with Crippen LogP contribution in [0.25, 0.3) is 0 Å². The van der Waals surface area contributed by atoms with Gasteiger partial charge in [-0.25, -0.2) is 5.43 Å². The second-order valence-corrected chi connectivity index (χ2v) is 5.58. The molecule has 0 saturated heterocycles. The number of nitro groups is 1. The number of hydrazone groups is 1. The Bertz CT molecular complexity index is 693. The lowest BCUT2D eigenvalue weighted by Crippen LogP contribution is -2.18. The Morgan fingerprint density at radius 3 is 2.95 bits per heavy atom. The van der Waals surface area contributed by atoms with Crippen LogP contribution in [0.5, 0.6) is 0 Å². The average Bonchev–Trinajstić information content (AvgIpc) is 2.96. The number of rotatable bonds is 4. The Balaban J connectivity index is 2.00. The molecule has 0 aromatic carbocycles. The molecule has 2 rings (SSSR count). The van der Waals surface area contributed by atoms with Crippen LogP contribution in [0.15, 0.2) is 27.9 Å². The van der Waals surface area contributed by atoms with Crippen molar-refractivity contribution >= 4 is 44.4 Å². The normalized spacial score (nSPS) is 10.9. The molecule has 2 heterocycles. The van der Waals surface area contributed by atoms with E-state index in [0.29, 0.717) is 9.35 Å². The van der Waals surface area contributed by atoms with Gasteiger partial charge in [0.25, 0.3) is 5.91 Å². The fraction of sp³-hybridized carbons (Fsp3) is 0.100. The zero-order valence-corrected chi connectivity index (χ0v) is 12.5. The van der Waals surface area contributed by atoms with E-state index in [0.717, 1.165) is 11.3 Å². The topological polar surface area (TPSA) is 102 Å². The first-order chi connectivity index (χ1) is 9.47. The van der Waals surface area contributed by atoms with Crippen molar-refractivity contribution < 1.29 is 9.72 Å². The summed E-state index contributed by atoms with van der Waals surface area (Å²) >= 11 is 4.17. The highest BCUT2D eigenvalue weighted by Gasteiger charge is 2.13. The van der Waals surface area contributed by atoms with Gasteiger partial charge in [0.2, 0.25) is 0 Å². The highest BCUT2D eigenvalue weighted by molar-refractivity contribution is 9.10. The highest BCUT2D eigenvalue weighted by atomic mass is 79.9. The maximum atomic E-state index is 11.7. The van der Waals surface area contributed by atoms with E-state index in [4.69, 9.17) is 0 Å². The molecule has 0 radical (unpaired) electrons. The van der Waals surface area contributed by atoms with Gasteiger partial charge in [-0.3, -0.25) is 19.6 Å². The number of nitrogens with zero attached hydrogens (tertiary/aromatic N) is 4. The average molecular weight is 358 g/mol. The van der Waals surface area contributed by atoms with Crippen molar-refractivity contribution in [2.24, 2.45) is 12.1 Å². The standard InChI is InChI=1S/C10H8BrN5O3S/c1-15-5-7(11)9(14-15)10(17)13-12-4-6-2-3-8(20-6)16(18)19/h2-5H,1H3,(H,13,17). The minimum Gasteiger partial charge on any atom is -0.274 e. The molecular weight excluding hydrogens is 350 g/mol. The van der Waals surface area contributed by atoms with Crippen molar-refractivity contribution in [1.82, 2.24) is 15.2 Å². The van der Waals surface area contributed by atoms with Crippen LogP contribution < -0.4 is 5.43 Å². The van der Waals surface area contributed by atoms with Crippen LogP contribution in [-0.2, 0) is 7.05 Å². The summed E-state index contributed by atoms with van der Waals surface area (Å²) in [6.45, 7) is 0. The number of amides is 1. The summed E-state index contributed by atoms with van der Waals surface area (Å²) in [5.41, 5.74) is 2.51. The Morgan fingerprint density at radius 1 is 1.65 bits per heavy atom. The van der Waals surface area contributed by atoms with Crippen LogP contribution in [0.1, 0.15) is 15.4 Å². The molecule has 1 N–H and O–H groups in total. The Labute approximate surface area is 125 Å². The first-order valence-electron chi connectivity index (χ1n) is 5.24. The number of hydrogen-bond donors (Lipinski definition) is 1. The lowest BCUT2D eigenvalue weighted by molar-refractivity contribution is -0.380. The SMILES string of the molecule is Cn1cc(Br)c(C(=O)NN=Cc2ccc([N+](=O)[O-])s2)n1. The molecule has 0 aliphatic heterocycles. The fourth-order valence-electron chi connectivity index (χ4n) is 1.33. The summed E-state index contributed by atoms with van der Waals surface area (Å²) in [5, 5.41) is 18.2. The van der Waals surface area contributed by atoms with Crippen LogP contribution >= 0.6 is 27.3 Å². The predicted molar refractivity (Wildman–Crippen MR) is 76.9 cm³/mol. The van der Waals surface area contributed by atoms with Crippen molar-refractivity contribution in [2.75, 3.05) is 0 Å². The largest absolute Gasteiger partial charge is 0.324 e. The van der Waals surface area contributed by atoms with Gasteiger partial charge in [-0.2, -0.15) is 10.2 Å². The molecule has 0 unspecified atom stereocenters. The third-order valence-corrected chi connectivity index (χ3v) is 3.70. The van der Waals surface area contributed by atoms with Crippen LogP contribution in [0.4, 0.5) is 5.00 Å². The van der Waals surface area contributed by atoms with Crippen molar-refractivity contribution in [3.05, 3.63) is 43.5 Å². The van der Waals surface area contributed by atoms with Gasteiger partial charge in [0.1, 0.15) is 0 Å². The van der Waals surface area contributed by atoms with Crippen molar-refractivity contribution in [3.63, 3.8) is 0 Å². The monoisotopic (exact) mass is 357 g/mol. The number of aromatic nitrogens is 2. The van der Waals surface area contributed by atoms with Crippen LogP contribution in [0.3, 0.4) is 0 Å². The fourth-order valence-corrected chi connectivity index (χ4v) is 2.58. The summed E-state index contributed by atoms with van der Waals surface area (Å²) in [7, 11) is 1.69. The summed E-state index contributed by atoms with van der Waals surface area (Å²) in [4.78, 5) is 22.3. The van der Waals surface area contributed by atoms with Crippen molar-refractivity contribution in [1.29, 1.82) is 0 Å². The van der Waals surface area contributed by atoms with E-state index in [2.05, 4.69) is 31.6 Å². The maximum Gasteiger partial charge on any atom is 0.324 e. The van der Waals surface area contributed by atoms with Gasteiger partial charge in [0, 0.05) is 19.3 Å². The lowest BCUT2D eigenvalue weighted by Gasteiger charge is -1.95. The molecule has 10 heteroatoms. The number of aryl methyl sites for hydroxylation is 1. The first-order valence-corrected chi connectivity index (χ1v) is 6.85. The van der Waals surface area contributed by atoms with Gasteiger partial charge in [-0.1, -0.05) is 11.3 Å². The number of nitrogens with one attached hydrogen (secondary N) is 1. The Hall–Kier alpha value is -2.07. The van der Waals surface area contributed by atoms with Crippen LogP contribution in [-0.4, -0.2) is 26.8 Å². The third kappa shape index (κ3) is 3.27. The molecule has 0 atom stereocenters. The third-order valence-electron chi connectivity index (χ3n) is 2.15. The molecular formula is C10H8BrN5O3S. The zero-order chi connectivity index (χ0) is 14.7. The molecule has 0 spiro atoms. The van der Waals surface area contributed by atoms with Crippen molar-refractivity contribution in [2.45, 2.75) is 0 Å². The smallest absolute Gasteiger partial charge is 0.274 e. The van der Waals surface area contributed by atoms with Gasteiger partial charge in [0.15, 0.2) is 5.69 Å². The molecule has 104 valence electrons. The van der Waals surface area contributed by atoms with E-state index < -0.39 is 10.8 Å². The van der Waals surface area contributed by atoms with E-state index in [1.165, 1.54) is 17.0 Å². The second-order valence-electron chi connectivity index (χ2n) is 3.63. The van der Waals surface area contributed by atoms with E-state index in [1.807, 2.05) is 0 Å². The van der Waals surface area contributed by atoms with Gasteiger partial charge in [0.05, 0.1) is 20.5 Å². The number of thiophene rings is 1. The number of halogens is 1. The molecule has 2 aromatic heterocycles. The molecule has 2 aromatic rings. The number of hydrogen-bond acceptors (Lipinski definition) is 6. The quantitative estimate of drug-likeness (QED) is 0.512. The summed E-state index contributed by atoms with van der Waals surface area (Å²) < 4.78 is 2.05. The van der Waals surface area contributed by atoms with Gasteiger partial charge in [-0.15, -0.1) is 0 Å². The first kappa shape index (κ1) is 14.3. The Morgan fingerprint density at radius 2 is 2.40 bits per heavy atom. The maximum absolute atomic E-state index is 11.7. The summed E-state index contributed by atoms with van der Waals surface area (Å²) in [6.07, 6.45) is 2.98. The van der Waals surface area contributed by atoms with Crippen LogP contribution in [0, 0.1) is 10.1 Å².